The molecule has 1 fully saturated rings. The van der Waals surface area contributed by atoms with E-state index in [-0.39, 0.29) is 18.7 Å². The van der Waals surface area contributed by atoms with E-state index in [9.17, 15) is 9.90 Å². The van der Waals surface area contributed by atoms with E-state index in [0.717, 1.165) is 5.56 Å². The predicted octanol–water partition coefficient (Wildman–Crippen LogP) is 1.78. The Morgan fingerprint density at radius 3 is 2.76 bits per heavy atom. The van der Waals surface area contributed by atoms with E-state index in [4.69, 9.17) is 4.74 Å². The third-order valence-electron chi connectivity index (χ3n) is 3.15. The fourth-order valence-electron chi connectivity index (χ4n) is 1.98. The second kappa shape index (κ2) is 5.19. The molecule has 4 heteroatoms. The lowest BCUT2D eigenvalue weighted by Crippen LogP contribution is -2.37. The standard InChI is InChI=1S/C13H17NO3/c1-10-12(15)7-8-14(10)13(16)17-9-11-5-3-2-4-6-11/h2-6,10,12,15H,7-9H2,1H3/t10-,12+/m0/s1. The number of aliphatic hydroxyl groups excluding tert-OH is 1. The predicted molar refractivity (Wildman–Crippen MR) is 63.4 cm³/mol. The van der Waals surface area contributed by atoms with Crippen molar-refractivity contribution in [2.75, 3.05) is 6.54 Å². The van der Waals surface area contributed by atoms with Crippen molar-refractivity contribution in [3.63, 3.8) is 0 Å². The van der Waals surface area contributed by atoms with Crippen LogP contribution in [-0.4, -0.2) is 34.8 Å². The van der Waals surface area contributed by atoms with E-state index in [2.05, 4.69) is 0 Å². The van der Waals surface area contributed by atoms with Crippen LogP contribution >= 0.6 is 0 Å². The van der Waals surface area contributed by atoms with Gasteiger partial charge in [0.1, 0.15) is 6.61 Å². The number of rotatable bonds is 2. The molecule has 0 unspecified atom stereocenters. The summed E-state index contributed by atoms with van der Waals surface area (Å²) < 4.78 is 5.21. The fraction of sp³-hybridized carbons (Fsp3) is 0.462. The Bertz CT molecular complexity index is 380. The second-order valence-electron chi connectivity index (χ2n) is 4.33. The smallest absolute Gasteiger partial charge is 0.410 e. The molecule has 1 N–H and O–H groups in total. The second-order valence-corrected chi connectivity index (χ2v) is 4.33. The van der Waals surface area contributed by atoms with E-state index in [1.54, 1.807) is 4.90 Å². The number of ether oxygens (including phenoxy) is 1. The minimum absolute atomic E-state index is 0.154. The highest BCUT2D eigenvalue weighted by Gasteiger charge is 2.33. The molecule has 0 aromatic heterocycles. The molecule has 4 nitrogen and oxygen atoms in total. The molecule has 92 valence electrons. The number of carbonyl (C=O) groups is 1. The maximum absolute atomic E-state index is 11.8. The van der Waals surface area contributed by atoms with Crippen LogP contribution in [0.25, 0.3) is 0 Å². The molecule has 1 heterocycles. The first-order valence-corrected chi connectivity index (χ1v) is 5.84. The minimum Gasteiger partial charge on any atom is -0.445 e. The lowest BCUT2D eigenvalue weighted by atomic mass is 10.2. The molecule has 0 spiro atoms. The molecule has 0 radical (unpaired) electrons. The van der Waals surface area contributed by atoms with Crippen LogP contribution in [0.3, 0.4) is 0 Å². The molecule has 0 aliphatic carbocycles. The Morgan fingerprint density at radius 2 is 2.18 bits per heavy atom. The molecule has 1 saturated heterocycles. The van der Waals surface area contributed by atoms with Crippen molar-refractivity contribution < 1.29 is 14.6 Å². The fourth-order valence-corrected chi connectivity index (χ4v) is 1.98. The molecule has 1 amide bonds. The highest BCUT2D eigenvalue weighted by molar-refractivity contribution is 5.68. The number of nitrogens with zero attached hydrogens (tertiary/aromatic N) is 1. The molecule has 1 aliphatic rings. The van der Waals surface area contributed by atoms with E-state index < -0.39 is 6.10 Å². The van der Waals surface area contributed by atoms with Gasteiger partial charge in [0.2, 0.25) is 0 Å². The Hall–Kier alpha value is -1.55. The normalized spacial score (nSPS) is 23.8. The number of carbonyl (C=O) groups excluding carboxylic acids is 1. The van der Waals surface area contributed by atoms with E-state index in [0.29, 0.717) is 13.0 Å². The first-order valence-electron chi connectivity index (χ1n) is 5.84. The maximum Gasteiger partial charge on any atom is 0.410 e. The highest BCUT2D eigenvalue weighted by atomic mass is 16.6. The monoisotopic (exact) mass is 235 g/mol. The van der Waals surface area contributed by atoms with Gasteiger partial charge in [-0.2, -0.15) is 0 Å². The summed E-state index contributed by atoms with van der Waals surface area (Å²) in [5.41, 5.74) is 0.966. The average Bonchev–Trinajstić information content (AvgIpc) is 2.69. The summed E-state index contributed by atoms with van der Waals surface area (Å²) in [7, 11) is 0. The Labute approximate surface area is 101 Å². The van der Waals surface area contributed by atoms with Gasteiger partial charge in [-0.15, -0.1) is 0 Å². The van der Waals surface area contributed by atoms with E-state index in [1.807, 2.05) is 37.3 Å². The van der Waals surface area contributed by atoms with Crippen LogP contribution in [0.4, 0.5) is 4.79 Å². The van der Waals surface area contributed by atoms with E-state index >= 15 is 0 Å². The van der Waals surface area contributed by atoms with Crippen LogP contribution in [0.2, 0.25) is 0 Å². The summed E-state index contributed by atoms with van der Waals surface area (Å²) in [4.78, 5) is 13.3. The van der Waals surface area contributed by atoms with E-state index in [1.165, 1.54) is 0 Å². The van der Waals surface area contributed by atoms with Crippen molar-refractivity contribution in [2.45, 2.75) is 32.1 Å². The quantitative estimate of drug-likeness (QED) is 0.850. The van der Waals surface area contributed by atoms with Crippen LogP contribution < -0.4 is 0 Å². The zero-order valence-electron chi connectivity index (χ0n) is 9.87. The van der Waals surface area contributed by atoms with Gasteiger partial charge in [0.15, 0.2) is 0 Å². The van der Waals surface area contributed by atoms with Gasteiger partial charge >= 0.3 is 6.09 Å². The third kappa shape index (κ3) is 2.77. The van der Waals surface area contributed by atoms with Gasteiger partial charge in [-0.05, 0) is 18.9 Å². The average molecular weight is 235 g/mol. The van der Waals surface area contributed by atoms with Gasteiger partial charge in [-0.25, -0.2) is 4.79 Å². The van der Waals surface area contributed by atoms with Crippen molar-refractivity contribution in [3.05, 3.63) is 35.9 Å². The van der Waals surface area contributed by atoms with Crippen molar-refractivity contribution in [3.8, 4) is 0 Å². The molecule has 2 atom stereocenters. The molecule has 17 heavy (non-hydrogen) atoms. The zero-order valence-corrected chi connectivity index (χ0v) is 9.87. The number of amides is 1. The summed E-state index contributed by atoms with van der Waals surface area (Å²) in [6.07, 6.45) is -0.154. The molecular weight excluding hydrogens is 218 g/mol. The molecule has 1 aromatic rings. The van der Waals surface area contributed by atoms with Crippen molar-refractivity contribution >= 4 is 6.09 Å². The maximum atomic E-state index is 11.8. The highest BCUT2D eigenvalue weighted by Crippen LogP contribution is 2.18. The van der Waals surface area contributed by atoms with Gasteiger partial charge in [0, 0.05) is 6.54 Å². The van der Waals surface area contributed by atoms with Crippen LogP contribution in [0.1, 0.15) is 18.9 Å². The van der Waals surface area contributed by atoms with Crippen LogP contribution in [0.5, 0.6) is 0 Å². The third-order valence-corrected chi connectivity index (χ3v) is 3.15. The lowest BCUT2D eigenvalue weighted by Gasteiger charge is -2.21. The van der Waals surface area contributed by atoms with Crippen LogP contribution in [0, 0.1) is 0 Å². The molecule has 0 bridgehead atoms. The summed E-state index contributed by atoms with van der Waals surface area (Å²) in [6, 6.07) is 9.41. The van der Waals surface area contributed by atoms with Gasteiger partial charge in [0.05, 0.1) is 12.1 Å². The topological polar surface area (TPSA) is 49.8 Å². The number of hydrogen-bond acceptors (Lipinski definition) is 3. The van der Waals surface area contributed by atoms with Gasteiger partial charge in [-0.3, -0.25) is 0 Å². The number of benzene rings is 1. The molecular formula is C13H17NO3. The van der Waals surface area contributed by atoms with Gasteiger partial charge in [-0.1, -0.05) is 30.3 Å². The molecule has 1 aromatic carbocycles. The summed E-state index contributed by atoms with van der Waals surface area (Å²) >= 11 is 0. The van der Waals surface area contributed by atoms with Crippen LogP contribution in [0.15, 0.2) is 30.3 Å². The number of likely N-dealkylation sites (tertiary alicyclic amines) is 1. The first kappa shape index (κ1) is 11.9. The van der Waals surface area contributed by atoms with Crippen molar-refractivity contribution in [1.82, 2.24) is 4.90 Å². The van der Waals surface area contributed by atoms with Crippen molar-refractivity contribution in [2.24, 2.45) is 0 Å². The molecule has 1 aliphatic heterocycles. The zero-order chi connectivity index (χ0) is 12.3. The van der Waals surface area contributed by atoms with Gasteiger partial charge < -0.3 is 14.7 Å². The Balaban J connectivity index is 1.86. The summed E-state index contributed by atoms with van der Waals surface area (Å²) in [5.74, 6) is 0. The Kier molecular flexibility index (Phi) is 3.64. The van der Waals surface area contributed by atoms with Crippen molar-refractivity contribution in [1.29, 1.82) is 0 Å². The minimum atomic E-state index is -0.431. The first-order chi connectivity index (χ1) is 8.18. The van der Waals surface area contributed by atoms with Gasteiger partial charge in [0.25, 0.3) is 0 Å². The number of aliphatic hydroxyl groups is 1. The molecule has 2 rings (SSSR count). The number of hydrogen-bond donors (Lipinski definition) is 1. The largest absolute Gasteiger partial charge is 0.445 e. The summed E-state index contributed by atoms with van der Waals surface area (Å²) in [5, 5.41) is 9.55. The molecule has 0 saturated carbocycles. The lowest BCUT2D eigenvalue weighted by molar-refractivity contribution is 0.0768. The Morgan fingerprint density at radius 1 is 1.47 bits per heavy atom. The summed E-state index contributed by atoms with van der Waals surface area (Å²) in [6.45, 7) is 2.68. The van der Waals surface area contributed by atoms with Crippen LogP contribution in [-0.2, 0) is 11.3 Å². The SMILES string of the molecule is C[C@H]1[C@H](O)CCN1C(=O)OCc1ccccc1.